The van der Waals surface area contributed by atoms with E-state index >= 15 is 0 Å². The number of benzene rings is 1. The van der Waals surface area contributed by atoms with Gasteiger partial charge in [-0.1, -0.05) is 18.9 Å². The molecule has 26 heavy (non-hydrogen) atoms. The van der Waals surface area contributed by atoms with E-state index in [9.17, 15) is 9.59 Å². The molecule has 1 aromatic rings. The number of amides is 1. The molecule has 140 valence electrons. The Hall–Kier alpha value is -2.24. The molecule has 0 spiro atoms. The smallest absolute Gasteiger partial charge is 0.328 e. The highest BCUT2D eigenvalue weighted by Crippen LogP contribution is 2.40. The highest BCUT2D eigenvalue weighted by Gasteiger charge is 2.47. The number of methoxy groups -OCH3 is 1. The fraction of sp³-hybridized carbons (Fsp3) is 0.600. The number of nitrogens with zero attached hydrogens (tertiary/aromatic N) is 1. The van der Waals surface area contributed by atoms with Crippen LogP contribution in [0.2, 0.25) is 0 Å². The van der Waals surface area contributed by atoms with E-state index in [4.69, 9.17) is 14.2 Å². The van der Waals surface area contributed by atoms with Crippen LogP contribution in [-0.2, 0) is 20.7 Å². The van der Waals surface area contributed by atoms with Gasteiger partial charge < -0.3 is 19.1 Å². The maximum Gasteiger partial charge on any atom is 0.328 e. The Morgan fingerprint density at radius 3 is 2.85 bits per heavy atom. The van der Waals surface area contributed by atoms with Crippen molar-refractivity contribution in [3.63, 3.8) is 0 Å². The minimum absolute atomic E-state index is 0.0486. The first kappa shape index (κ1) is 17.2. The standard InChI is InChI=1S/C20H25NO5/c1-24-20(23)16-11-14-4-2-3-5-15(14)21(16)19(22)9-7-13-6-8-17-18(10-13)26-12-25-17/h6,8,10,14-16H,2-5,7,9,11-12H2,1H3. The number of aryl methyl sites for hydroxylation is 1. The summed E-state index contributed by atoms with van der Waals surface area (Å²) in [5, 5.41) is 0. The molecule has 4 rings (SSSR count). The first-order valence-electron chi connectivity index (χ1n) is 9.45. The Morgan fingerprint density at radius 1 is 1.19 bits per heavy atom. The molecule has 6 heteroatoms. The van der Waals surface area contributed by atoms with Crippen molar-refractivity contribution >= 4 is 11.9 Å². The average Bonchev–Trinajstić information content (AvgIpc) is 3.29. The van der Waals surface area contributed by atoms with Crippen molar-refractivity contribution in [2.24, 2.45) is 5.92 Å². The largest absolute Gasteiger partial charge is 0.467 e. The monoisotopic (exact) mass is 359 g/mol. The molecule has 0 aromatic heterocycles. The maximum absolute atomic E-state index is 13.0. The second kappa shape index (κ2) is 7.17. The van der Waals surface area contributed by atoms with Crippen LogP contribution in [0.1, 0.15) is 44.1 Å². The van der Waals surface area contributed by atoms with E-state index in [-0.39, 0.29) is 24.7 Å². The Kier molecular flexibility index (Phi) is 4.74. The van der Waals surface area contributed by atoms with Crippen molar-refractivity contribution in [1.82, 2.24) is 4.90 Å². The normalized spacial score (nSPS) is 26.5. The molecule has 6 nitrogen and oxygen atoms in total. The first-order chi connectivity index (χ1) is 12.7. The highest BCUT2D eigenvalue weighted by atomic mass is 16.7. The van der Waals surface area contributed by atoms with Gasteiger partial charge in [-0.3, -0.25) is 4.79 Å². The molecule has 0 bridgehead atoms. The summed E-state index contributed by atoms with van der Waals surface area (Å²) in [6, 6.07) is 5.55. The molecule has 2 fully saturated rings. The number of hydrogen-bond donors (Lipinski definition) is 0. The van der Waals surface area contributed by atoms with Gasteiger partial charge in [-0.05, 0) is 49.3 Å². The van der Waals surface area contributed by atoms with Gasteiger partial charge in [-0.25, -0.2) is 4.79 Å². The number of ether oxygens (including phenoxy) is 3. The van der Waals surface area contributed by atoms with Crippen molar-refractivity contribution in [2.75, 3.05) is 13.9 Å². The molecule has 2 aliphatic heterocycles. The molecule has 1 aromatic carbocycles. The predicted octanol–water partition coefficient (Wildman–Crippen LogP) is 2.68. The van der Waals surface area contributed by atoms with Gasteiger partial charge in [0.05, 0.1) is 7.11 Å². The zero-order valence-corrected chi connectivity index (χ0v) is 15.1. The van der Waals surface area contributed by atoms with Gasteiger partial charge >= 0.3 is 5.97 Å². The van der Waals surface area contributed by atoms with Crippen molar-refractivity contribution in [3.05, 3.63) is 23.8 Å². The number of carbonyl (C=O) groups is 2. The zero-order valence-electron chi connectivity index (χ0n) is 15.1. The first-order valence-corrected chi connectivity index (χ1v) is 9.45. The minimum atomic E-state index is -0.419. The molecule has 1 amide bonds. The lowest BCUT2D eigenvalue weighted by Gasteiger charge is -2.33. The van der Waals surface area contributed by atoms with Crippen molar-refractivity contribution in [2.45, 2.75) is 57.0 Å². The average molecular weight is 359 g/mol. The number of fused-ring (bicyclic) bond motifs is 2. The fourth-order valence-corrected chi connectivity index (χ4v) is 4.64. The van der Waals surface area contributed by atoms with E-state index in [1.165, 1.54) is 13.5 Å². The van der Waals surface area contributed by atoms with Gasteiger partial charge in [-0.2, -0.15) is 0 Å². The molecule has 1 aliphatic carbocycles. The third-order valence-corrected chi connectivity index (χ3v) is 5.91. The van der Waals surface area contributed by atoms with Crippen molar-refractivity contribution in [1.29, 1.82) is 0 Å². The van der Waals surface area contributed by atoms with Gasteiger partial charge in [0.1, 0.15) is 6.04 Å². The van der Waals surface area contributed by atoms with E-state index in [0.717, 1.165) is 42.7 Å². The molecule has 2 heterocycles. The quantitative estimate of drug-likeness (QED) is 0.774. The summed E-state index contributed by atoms with van der Waals surface area (Å²) in [6.45, 7) is 0.245. The third kappa shape index (κ3) is 3.13. The second-order valence-corrected chi connectivity index (χ2v) is 7.38. The van der Waals surface area contributed by atoms with Crippen LogP contribution < -0.4 is 9.47 Å². The van der Waals surface area contributed by atoms with Crippen LogP contribution in [0.4, 0.5) is 0 Å². The van der Waals surface area contributed by atoms with Crippen LogP contribution in [0, 0.1) is 5.92 Å². The number of esters is 1. The van der Waals surface area contributed by atoms with Crippen LogP contribution in [0.25, 0.3) is 0 Å². The van der Waals surface area contributed by atoms with Gasteiger partial charge in [0.15, 0.2) is 11.5 Å². The van der Waals surface area contributed by atoms with Gasteiger partial charge in [0.2, 0.25) is 12.7 Å². The Bertz CT molecular complexity index is 703. The summed E-state index contributed by atoms with van der Waals surface area (Å²) in [6.07, 6.45) is 6.16. The van der Waals surface area contributed by atoms with Crippen molar-refractivity contribution in [3.8, 4) is 11.5 Å². The molecular weight excluding hydrogens is 334 g/mol. The molecule has 0 radical (unpaired) electrons. The molecule has 3 atom stereocenters. The molecule has 1 saturated carbocycles. The Morgan fingerprint density at radius 2 is 2.00 bits per heavy atom. The van der Waals surface area contributed by atoms with Gasteiger partial charge in [0, 0.05) is 12.5 Å². The van der Waals surface area contributed by atoms with Crippen LogP contribution in [0.15, 0.2) is 18.2 Å². The molecule has 1 saturated heterocycles. The van der Waals surface area contributed by atoms with E-state index in [1.54, 1.807) is 0 Å². The van der Waals surface area contributed by atoms with Crippen LogP contribution in [0.3, 0.4) is 0 Å². The summed E-state index contributed by atoms with van der Waals surface area (Å²) < 4.78 is 15.7. The van der Waals surface area contributed by atoms with E-state index < -0.39 is 6.04 Å². The minimum Gasteiger partial charge on any atom is -0.467 e. The van der Waals surface area contributed by atoms with E-state index in [0.29, 0.717) is 18.8 Å². The summed E-state index contributed by atoms with van der Waals surface area (Å²) in [7, 11) is 1.40. The van der Waals surface area contributed by atoms with Crippen LogP contribution >= 0.6 is 0 Å². The third-order valence-electron chi connectivity index (χ3n) is 5.91. The molecule has 3 aliphatic rings. The lowest BCUT2D eigenvalue weighted by molar-refractivity contribution is -0.152. The lowest BCUT2D eigenvalue weighted by Crippen LogP contribution is -2.46. The number of likely N-dealkylation sites (tertiary alicyclic amines) is 1. The molecule has 0 N–H and O–H groups in total. The predicted molar refractivity (Wildman–Crippen MR) is 93.9 cm³/mol. The summed E-state index contributed by atoms with van der Waals surface area (Å²) >= 11 is 0. The Balaban J connectivity index is 1.45. The summed E-state index contributed by atoms with van der Waals surface area (Å²) in [5.41, 5.74) is 1.04. The molecular formula is C20H25NO5. The number of hydrogen-bond acceptors (Lipinski definition) is 5. The van der Waals surface area contributed by atoms with Gasteiger partial charge in [-0.15, -0.1) is 0 Å². The SMILES string of the molecule is COC(=O)C1CC2CCCCC2N1C(=O)CCc1ccc2c(c1)OCO2. The number of rotatable bonds is 4. The van der Waals surface area contributed by atoms with E-state index in [1.807, 2.05) is 23.1 Å². The lowest BCUT2D eigenvalue weighted by atomic mass is 9.84. The van der Waals surface area contributed by atoms with Crippen LogP contribution in [0.5, 0.6) is 11.5 Å². The maximum atomic E-state index is 13.0. The zero-order chi connectivity index (χ0) is 18.1. The summed E-state index contributed by atoms with van der Waals surface area (Å²) in [4.78, 5) is 27.1. The second-order valence-electron chi connectivity index (χ2n) is 7.38. The topological polar surface area (TPSA) is 65.1 Å². The molecule has 3 unspecified atom stereocenters. The van der Waals surface area contributed by atoms with Gasteiger partial charge in [0.25, 0.3) is 0 Å². The highest BCUT2D eigenvalue weighted by molar-refractivity contribution is 5.85. The van der Waals surface area contributed by atoms with Crippen LogP contribution in [-0.4, -0.2) is 42.8 Å². The number of carbonyl (C=O) groups excluding carboxylic acids is 2. The fourth-order valence-electron chi connectivity index (χ4n) is 4.64. The Labute approximate surface area is 153 Å². The van der Waals surface area contributed by atoms with Crippen molar-refractivity contribution < 1.29 is 23.8 Å². The van der Waals surface area contributed by atoms with E-state index in [2.05, 4.69) is 0 Å². The summed E-state index contributed by atoms with van der Waals surface area (Å²) in [5.74, 6) is 1.68.